The van der Waals surface area contributed by atoms with Crippen molar-refractivity contribution < 1.29 is 0 Å². The molecule has 0 N–H and O–H groups in total. The first-order valence-corrected chi connectivity index (χ1v) is 8.10. The van der Waals surface area contributed by atoms with E-state index in [4.69, 9.17) is 4.99 Å². The van der Waals surface area contributed by atoms with E-state index in [0.717, 1.165) is 30.2 Å². The number of nitrogens with zero attached hydrogens (tertiary/aromatic N) is 1. The van der Waals surface area contributed by atoms with Crippen LogP contribution in [-0.2, 0) is 0 Å². The largest absolute Gasteiger partial charge is 0.294 e. The van der Waals surface area contributed by atoms with Crippen LogP contribution in [0, 0.1) is 29.1 Å². The molecule has 0 amide bonds. The van der Waals surface area contributed by atoms with Crippen molar-refractivity contribution in [2.75, 3.05) is 6.54 Å². The molecule has 0 aromatic rings. The highest BCUT2D eigenvalue weighted by molar-refractivity contribution is 5.84. The Labute approximate surface area is 112 Å². The van der Waals surface area contributed by atoms with Crippen molar-refractivity contribution in [3.8, 4) is 0 Å². The highest BCUT2D eigenvalue weighted by atomic mass is 14.8. The predicted octanol–water partition coefficient (Wildman–Crippen LogP) is 4.71. The number of hydrogen-bond acceptors (Lipinski definition) is 1. The van der Waals surface area contributed by atoms with Crippen molar-refractivity contribution >= 4 is 5.71 Å². The zero-order chi connectivity index (χ0) is 12.8. The molecule has 4 rings (SSSR count). The second-order valence-corrected chi connectivity index (χ2v) is 7.66. The summed E-state index contributed by atoms with van der Waals surface area (Å²) in [5, 5.41) is 0. The van der Waals surface area contributed by atoms with Gasteiger partial charge in [-0.25, -0.2) is 0 Å². The Morgan fingerprint density at radius 3 is 2.44 bits per heavy atom. The van der Waals surface area contributed by atoms with Gasteiger partial charge in [-0.1, -0.05) is 26.7 Å². The SMILES string of the molecule is CC(=NC[C@@H]1CC[C@@H]2C[C@H]1C2(C)C)C1CCCC1. The molecule has 4 aliphatic carbocycles. The first-order valence-electron chi connectivity index (χ1n) is 8.10. The van der Waals surface area contributed by atoms with E-state index in [-0.39, 0.29) is 0 Å². The molecule has 0 aromatic heterocycles. The standard InChI is InChI=1S/C17H29N/c1-12(13-6-4-5-7-13)18-11-14-8-9-15-10-16(14)17(15,2)3/h13-16H,4-11H2,1-3H3/t14-,15+,16+/m0/s1. The maximum atomic E-state index is 4.99. The predicted molar refractivity (Wildman–Crippen MR) is 78.0 cm³/mol. The third-order valence-corrected chi connectivity index (χ3v) is 6.52. The average molecular weight is 247 g/mol. The third-order valence-electron chi connectivity index (χ3n) is 6.52. The minimum absolute atomic E-state index is 0.625. The van der Waals surface area contributed by atoms with Crippen LogP contribution in [-0.4, -0.2) is 12.3 Å². The molecule has 102 valence electrons. The van der Waals surface area contributed by atoms with Crippen molar-refractivity contribution in [3.05, 3.63) is 0 Å². The van der Waals surface area contributed by atoms with Gasteiger partial charge in [-0.3, -0.25) is 4.99 Å². The van der Waals surface area contributed by atoms with Gasteiger partial charge in [-0.2, -0.15) is 0 Å². The van der Waals surface area contributed by atoms with E-state index in [1.165, 1.54) is 50.7 Å². The van der Waals surface area contributed by atoms with Gasteiger partial charge in [0.1, 0.15) is 0 Å². The van der Waals surface area contributed by atoms with Gasteiger partial charge in [0, 0.05) is 12.3 Å². The number of rotatable bonds is 3. The Balaban J connectivity index is 1.58. The molecule has 0 heterocycles. The molecule has 0 unspecified atom stereocenters. The van der Waals surface area contributed by atoms with Gasteiger partial charge < -0.3 is 0 Å². The summed E-state index contributed by atoms with van der Waals surface area (Å²) >= 11 is 0. The smallest absolute Gasteiger partial charge is 0.0419 e. The maximum absolute atomic E-state index is 4.99. The van der Waals surface area contributed by atoms with Crippen LogP contribution >= 0.6 is 0 Å². The highest BCUT2D eigenvalue weighted by Gasteiger charge is 2.53. The molecule has 3 atom stereocenters. The van der Waals surface area contributed by atoms with Crippen LogP contribution in [0.15, 0.2) is 4.99 Å². The van der Waals surface area contributed by atoms with E-state index < -0.39 is 0 Å². The Kier molecular flexibility index (Phi) is 3.28. The summed E-state index contributed by atoms with van der Waals surface area (Å²) < 4.78 is 0. The lowest BCUT2D eigenvalue weighted by Gasteiger charge is -2.60. The minimum atomic E-state index is 0.625. The Morgan fingerprint density at radius 2 is 1.83 bits per heavy atom. The molecule has 0 radical (unpaired) electrons. The van der Waals surface area contributed by atoms with Gasteiger partial charge in [0.15, 0.2) is 0 Å². The van der Waals surface area contributed by atoms with Crippen LogP contribution in [0.3, 0.4) is 0 Å². The molecule has 1 heteroatoms. The van der Waals surface area contributed by atoms with Crippen molar-refractivity contribution in [1.29, 1.82) is 0 Å². The van der Waals surface area contributed by atoms with E-state index in [2.05, 4.69) is 20.8 Å². The van der Waals surface area contributed by atoms with Crippen molar-refractivity contribution in [1.82, 2.24) is 0 Å². The molecule has 0 saturated heterocycles. The van der Waals surface area contributed by atoms with E-state index >= 15 is 0 Å². The van der Waals surface area contributed by atoms with Crippen molar-refractivity contribution in [2.45, 2.75) is 65.7 Å². The lowest BCUT2D eigenvalue weighted by Crippen LogP contribution is -2.53. The zero-order valence-corrected chi connectivity index (χ0v) is 12.4. The summed E-state index contributed by atoms with van der Waals surface area (Å²) in [6, 6.07) is 0. The number of hydrogen-bond donors (Lipinski definition) is 0. The van der Waals surface area contributed by atoms with Gasteiger partial charge in [0.05, 0.1) is 0 Å². The quantitative estimate of drug-likeness (QED) is 0.640. The summed E-state index contributed by atoms with van der Waals surface area (Å²) in [6.45, 7) is 8.40. The zero-order valence-electron chi connectivity index (χ0n) is 12.4. The monoisotopic (exact) mass is 247 g/mol. The topological polar surface area (TPSA) is 12.4 Å². The summed E-state index contributed by atoms with van der Waals surface area (Å²) in [6.07, 6.45) is 10.1. The summed E-state index contributed by atoms with van der Waals surface area (Å²) in [4.78, 5) is 4.99. The van der Waals surface area contributed by atoms with E-state index in [0.29, 0.717) is 5.41 Å². The van der Waals surface area contributed by atoms with E-state index in [9.17, 15) is 0 Å². The molecule has 0 aliphatic heterocycles. The van der Waals surface area contributed by atoms with Crippen LogP contribution in [0.2, 0.25) is 0 Å². The fourth-order valence-electron chi connectivity index (χ4n) is 4.91. The Bertz CT molecular complexity index is 334. The van der Waals surface area contributed by atoms with Gasteiger partial charge in [-0.05, 0) is 68.1 Å². The molecule has 4 aliphatic rings. The van der Waals surface area contributed by atoms with Crippen LogP contribution < -0.4 is 0 Å². The van der Waals surface area contributed by atoms with Gasteiger partial charge in [0.2, 0.25) is 0 Å². The minimum Gasteiger partial charge on any atom is -0.294 e. The molecule has 0 aromatic carbocycles. The molecule has 18 heavy (non-hydrogen) atoms. The molecule has 0 spiro atoms. The molecular weight excluding hydrogens is 218 g/mol. The van der Waals surface area contributed by atoms with Crippen molar-refractivity contribution in [2.24, 2.45) is 34.1 Å². The lowest BCUT2D eigenvalue weighted by molar-refractivity contribution is -0.101. The summed E-state index contributed by atoms with van der Waals surface area (Å²) in [5.74, 6) is 3.71. The van der Waals surface area contributed by atoms with Gasteiger partial charge >= 0.3 is 0 Å². The summed E-state index contributed by atoms with van der Waals surface area (Å²) in [5.41, 5.74) is 2.09. The third kappa shape index (κ3) is 2.04. The van der Waals surface area contributed by atoms with Crippen LogP contribution in [0.4, 0.5) is 0 Å². The van der Waals surface area contributed by atoms with Crippen molar-refractivity contribution in [3.63, 3.8) is 0 Å². The van der Waals surface area contributed by atoms with E-state index in [1.54, 1.807) is 0 Å². The van der Waals surface area contributed by atoms with E-state index in [1.807, 2.05) is 0 Å². The maximum Gasteiger partial charge on any atom is 0.0419 e. The number of aliphatic imine (C=N–C) groups is 1. The Hall–Kier alpha value is -0.330. The molecule has 1 nitrogen and oxygen atoms in total. The Morgan fingerprint density at radius 1 is 1.11 bits per heavy atom. The second kappa shape index (κ2) is 4.65. The second-order valence-electron chi connectivity index (χ2n) is 7.66. The molecular formula is C17H29N. The highest BCUT2D eigenvalue weighted by Crippen LogP contribution is 2.61. The first kappa shape index (κ1) is 12.7. The fourth-order valence-corrected chi connectivity index (χ4v) is 4.91. The normalized spacial score (nSPS) is 39.7. The van der Waals surface area contributed by atoms with Crippen LogP contribution in [0.5, 0.6) is 0 Å². The fraction of sp³-hybridized carbons (Fsp3) is 0.941. The summed E-state index contributed by atoms with van der Waals surface area (Å²) in [7, 11) is 0. The molecule has 4 fully saturated rings. The number of fused-ring (bicyclic) bond motifs is 2. The lowest BCUT2D eigenvalue weighted by atomic mass is 9.45. The first-order chi connectivity index (χ1) is 8.59. The van der Waals surface area contributed by atoms with Gasteiger partial charge in [-0.15, -0.1) is 0 Å². The van der Waals surface area contributed by atoms with Crippen LogP contribution in [0.1, 0.15) is 65.7 Å². The van der Waals surface area contributed by atoms with Gasteiger partial charge in [0.25, 0.3) is 0 Å². The molecule has 4 saturated carbocycles. The average Bonchev–Trinajstić information content (AvgIpc) is 2.89. The van der Waals surface area contributed by atoms with Crippen LogP contribution in [0.25, 0.3) is 0 Å². The molecule has 2 bridgehead atoms.